The van der Waals surface area contributed by atoms with Crippen LogP contribution in [0.4, 0.5) is 0 Å². The van der Waals surface area contributed by atoms with Crippen molar-refractivity contribution in [2.75, 3.05) is 14.2 Å². The number of hydrogen-bond donors (Lipinski definition) is 0. The molecule has 0 aliphatic carbocycles. The zero-order valence-corrected chi connectivity index (χ0v) is 17.5. The number of allylic oxidation sites excluding steroid dienone is 1. The van der Waals surface area contributed by atoms with E-state index >= 15 is 0 Å². The third-order valence-corrected chi connectivity index (χ3v) is 5.44. The third kappa shape index (κ3) is 3.25. The number of hydrogen-bond acceptors (Lipinski definition) is 3. The second-order valence-electron chi connectivity index (χ2n) is 6.51. The monoisotopic (exact) mass is 428 g/mol. The van der Waals surface area contributed by atoms with Crippen LogP contribution in [-0.2, 0) is 14.3 Å². The first kappa shape index (κ1) is 19.2. The van der Waals surface area contributed by atoms with Gasteiger partial charge in [-0.25, -0.2) is 4.79 Å². The molecular formula is C21H21BrN2O3. The molecule has 6 heteroatoms. The molecule has 1 aliphatic rings. The summed E-state index contributed by atoms with van der Waals surface area (Å²) in [6, 6.07) is 10.0. The number of halogens is 1. The fourth-order valence-corrected chi connectivity index (χ4v) is 3.64. The molecule has 1 amide bonds. The molecular weight excluding hydrogens is 408 g/mol. The van der Waals surface area contributed by atoms with E-state index in [9.17, 15) is 9.59 Å². The van der Waals surface area contributed by atoms with E-state index in [2.05, 4.69) is 20.5 Å². The van der Waals surface area contributed by atoms with Crippen molar-refractivity contribution >= 4 is 33.9 Å². The minimum absolute atomic E-state index is 0.207. The third-order valence-electron chi connectivity index (χ3n) is 4.91. The fraction of sp³-hybridized carbons (Fsp3) is 0.238. The van der Waals surface area contributed by atoms with Gasteiger partial charge >= 0.3 is 5.97 Å². The van der Waals surface area contributed by atoms with Crippen molar-refractivity contribution in [3.63, 3.8) is 0 Å². The highest BCUT2D eigenvalue weighted by Crippen LogP contribution is 2.32. The Kier molecular flexibility index (Phi) is 5.11. The lowest BCUT2D eigenvalue weighted by molar-refractivity contribution is -0.136. The van der Waals surface area contributed by atoms with E-state index in [0.717, 1.165) is 27.1 Å². The lowest BCUT2D eigenvalue weighted by Crippen LogP contribution is -2.19. The smallest absolute Gasteiger partial charge is 0.340 e. The van der Waals surface area contributed by atoms with Gasteiger partial charge in [-0.05, 0) is 62.7 Å². The molecule has 1 aromatic carbocycles. The van der Waals surface area contributed by atoms with Gasteiger partial charge in [-0.3, -0.25) is 4.79 Å². The first-order chi connectivity index (χ1) is 12.8. The van der Waals surface area contributed by atoms with Crippen LogP contribution in [0.2, 0.25) is 0 Å². The zero-order valence-electron chi connectivity index (χ0n) is 16.0. The minimum atomic E-state index is -0.502. The predicted molar refractivity (Wildman–Crippen MR) is 108 cm³/mol. The summed E-state index contributed by atoms with van der Waals surface area (Å²) in [7, 11) is 2.98. The molecule has 0 spiro atoms. The Labute approximate surface area is 167 Å². The summed E-state index contributed by atoms with van der Waals surface area (Å²) < 4.78 is 8.02. The maximum Gasteiger partial charge on any atom is 0.340 e. The fourth-order valence-electron chi connectivity index (χ4n) is 3.37. The molecule has 0 unspecified atom stereocenters. The molecule has 1 aromatic heterocycles. The van der Waals surface area contributed by atoms with E-state index in [1.165, 1.54) is 12.0 Å². The second-order valence-corrected chi connectivity index (χ2v) is 7.43. The Bertz CT molecular complexity index is 997. The summed E-state index contributed by atoms with van der Waals surface area (Å²) >= 11 is 3.45. The van der Waals surface area contributed by atoms with Gasteiger partial charge < -0.3 is 14.2 Å². The largest absolute Gasteiger partial charge is 0.465 e. The Morgan fingerprint density at radius 2 is 1.78 bits per heavy atom. The van der Waals surface area contributed by atoms with Crippen molar-refractivity contribution in [1.29, 1.82) is 0 Å². The van der Waals surface area contributed by atoms with E-state index < -0.39 is 5.97 Å². The van der Waals surface area contributed by atoms with Crippen LogP contribution in [0, 0.1) is 13.8 Å². The van der Waals surface area contributed by atoms with Gasteiger partial charge in [0.05, 0.1) is 18.3 Å². The summed E-state index contributed by atoms with van der Waals surface area (Å²) in [6.45, 7) is 5.76. The van der Waals surface area contributed by atoms with E-state index in [-0.39, 0.29) is 5.91 Å². The highest BCUT2D eigenvalue weighted by Gasteiger charge is 2.35. The van der Waals surface area contributed by atoms with Gasteiger partial charge in [0.15, 0.2) is 0 Å². The molecule has 0 radical (unpaired) electrons. The number of rotatable bonds is 3. The molecule has 140 valence electrons. The van der Waals surface area contributed by atoms with Crippen LogP contribution in [0.3, 0.4) is 0 Å². The van der Waals surface area contributed by atoms with Gasteiger partial charge in [-0.15, -0.1) is 0 Å². The Hall–Kier alpha value is -2.60. The molecule has 27 heavy (non-hydrogen) atoms. The first-order valence-corrected chi connectivity index (χ1v) is 9.29. The van der Waals surface area contributed by atoms with Crippen molar-refractivity contribution in [3.8, 4) is 5.69 Å². The molecule has 0 bridgehead atoms. The molecule has 1 aliphatic heterocycles. The molecule has 2 heterocycles. The van der Waals surface area contributed by atoms with Crippen LogP contribution in [0.1, 0.15) is 23.9 Å². The topological polar surface area (TPSA) is 51.5 Å². The first-order valence-electron chi connectivity index (χ1n) is 8.50. The number of aryl methyl sites for hydroxylation is 1. The van der Waals surface area contributed by atoms with Crippen molar-refractivity contribution in [2.24, 2.45) is 0 Å². The highest BCUT2D eigenvalue weighted by molar-refractivity contribution is 9.10. The van der Waals surface area contributed by atoms with Gasteiger partial charge in [-0.1, -0.05) is 15.9 Å². The van der Waals surface area contributed by atoms with E-state index in [1.54, 1.807) is 20.0 Å². The summed E-state index contributed by atoms with van der Waals surface area (Å²) in [5, 5.41) is 0. The van der Waals surface area contributed by atoms with Crippen molar-refractivity contribution in [1.82, 2.24) is 9.47 Å². The number of aromatic nitrogens is 1. The van der Waals surface area contributed by atoms with Gasteiger partial charge in [0, 0.05) is 34.3 Å². The van der Waals surface area contributed by atoms with Crippen molar-refractivity contribution in [3.05, 3.63) is 68.6 Å². The number of esters is 1. The molecule has 3 rings (SSSR count). The standard InChI is InChI=1S/C21H21BrN2O3/c1-12-10-15(13(2)24(12)17-8-6-16(22)7-9-17)11-18-19(21(26)27-5)14(3)23(4)20(18)25/h6-11H,1-5H3/b18-11-. The summed E-state index contributed by atoms with van der Waals surface area (Å²) in [5.74, 6) is -0.709. The average molecular weight is 429 g/mol. The van der Waals surface area contributed by atoms with Gasteiger partial charge in [0.2, 0.25) is 0 Å². The average Bonchev–Trinajstić information content (AvgIpc) is 3.04. The lowest BCUT2D eigenvalue weighted by atomic mass is 10.0. The molecule has 0 saturated carbocycles. The quantitative estimate of drug-likeness (QED) is 0.544. The van der Waals surface area contributed by atoms with E-state index in [0.29, 0.717) is 16.8 Å². The zero-order chi connectivity index (χ0) is 19.9. The molecule has 5 nitrogen and oxygen atoms in total. The number of likely N-dealkylation sites (N-methyl/N-ethyl adjacent to an activating group) is 1. The normalized spacial score (nSPS) is 15.9. The van der Waals surface area contributed by atoms with Crippen LogP contribution in [0.15, 0.2) is 51.6 Å². The van der Waals surface area contributed by atoms with Crippen LogP contribution in [0.5, 0.6) is 0 Å². The second kappa shape index (κ2) is 7.19. The number of nitrogens with zero attached hydrogens (tertiary/aromatic N) is 2. The van der Waals surface area contributed by atoms with Crippen molar-refractivity contribution < 1.29 is 14.3 Å². The molecule has 2 aromatic rings. The number of carbonyl (C=O) groups excluding carboxylic acids is 2. The maximum absolute atomic E-state index is 12.7. The number of carbonyl (C=O) groups is 2. The summed E-state index contributed by atoms with van der Waals surface area (Å²) in [6.07, 6.45) is 1.78. The minimum Gasteiger partial charge on any atom is -0.465 e. The van der Waals surface area contributed by atoms with Gasteiger partial charge in [0.1, 0.15) is 0 Å². The summed E-state index contributed by atoms with van der Waals surface area (Å²) in [4.78, 5) is 26.4. The highest BCUT2D eigenvalue weighted by atomic mass is 79.9. The number of amides is 1. The Morgan fingerprint density at radius 3 is 2.37 bits per heavy atom. The Morgan fingerprint density at radius 1 is 1.15 bits per heavy atom. The number of benzene rings is 1. The predicted octanol–water partition coefficient (Wildman–Crippen LogP) is 4.16. The van der Waals surface area contributed by atoms with Crippen molar-refractivity contribution in [2.45, 2.75) is 20.8 Å². The van der Waals surface area contributed by atoms with E-state index in [4.69, 9.17) is 4.74 Å². The number of methoxy groups -OCH3 is 1. The van der Waals surface area contributed by atoms with Crippen LogP contribution >= 0.6 is 15.9 Å². The lowest BCUT2D eigenvalue weighted by Gasteiger charge is -2.10. The van der Waals surface area contributed by atoms with Crippen LogP contribution < -0.4 is 0 Å². The van der Waals surface area contributed by atoms with Gasteiger partial charge in [0.25, 0.3) is 5.91 Å². The maximum atomic E-state index is 12.7. The molecule has 0 fully saturated rings. The van der Waals surface area contributed by atoms with Gasteiger partial charge in [-0.2, -0.15) is 0 Å². The summed E-state index contributed by atoms with van der Waals surface area (Å²) in [5.41, 5.74) is 5.24. The van der Waals surface area contributed by atoms with Crippen LogP contribution in [0.25, 0.3) is 11.8 Å². The molecule has 0 saturated heterocycles. The molecule has 0 N–H and O–H groups in total. The SMILES string of the molecule is COC(=O)C1=C(C)N(C)C(=O)/C1=C\c1cc(C)n(-c2ccc(Br)cc2)c1C. The Balaban J connectivity index is 2.12. The molecule has 0 atom stereocenters. The van der Waals surface area contributed by atoms with E-state index in [1.807, 2.05) is 44.2 Å². The van der Waals surface area contributed by atoms with Crippen LogP contribution in [-0.4, -0.2) is 35.5 Å². The number of ether oxygens (including phenoxy) is 1.